The molecular weight excluding hydrogens is 154 g/mol. The van der Waals surface area contributed by atoms with E-state index in [-0.39, 0.29) is 0 Å². The minimum atomic E-state index is 0.839. The van der Waals surface area contributed by atoms with Gasteiger partial charge in [0.25, 0.3) is 6.20 Å². The number of rotatable bonds is 1. The molecule has 0 saturated carbocycles. The lowest BCUT2D eigenvalue weighted by Crippen LogP contribution is -2.41. The summed E-state index contributed by atoms with van der Waals surface area (Å²) >= 11 is 0. The van der Waals surface area contributed by atoms with Crippen molar-refractivity contribution >= 4 is 0 Å². The van der Waals surface area contributed by atoms with Crippen molar-refractivity contribution in [2.45, 2.75) is 0 Å². The fourth-order valence-corrected chi connectivity index (χ4v) is 0.919. The van der Waals surface area contributed by atoms with Crippen LogP contribution < -0.4 is 14.8 Å². The molecule has 2 heterocycles. The zero-order valence-electron chi connectivity index (χ0n) is 6.31. The Bertz CT molecular complexity index is 309. The molecular formula is C7H8N5+3. The van der Waals surface area contributed by atoms with E-state index in [0.717, 1.165) is 5.82 Å². The molecule has 0 unspecified atom stereocenters. The molecule has 0 fully saturated rings. The first-order chi connectivity index (χ1) is 5.97. The maximum atomic E-state index is 3.61. The Morgan fingerprint density at radius 2 is 1.92 bits per heavy atom. The number of hydrogen-bond acceptors (Lipinski definition) is 2. The second-order valence-electron chi connectivity index (χ2n) is 2.25. The van der Waals surface area contributed by atoms with E-state index in [0.29, 0.717) is 0 Å². The van der Waals surface area contributed by atoms with Crippen LogP contribution in [0.4, 0.5) is 0 Å². The monoisotopic (exact) mass is 162 g/mol. The number of aromatic nitrogens is 5. The average molecular weight is 162 g/mol. The molecule has 2 aromatic heterocycles. The second kappa shape index (κ2) is 3.00. The van der Waals surface area contributed by atoms with Crippen LogP contribution in [0.15, 0.2) is 36.8 Å². The predicted molar refractivity (Wildman–Crippen MR) is 36.7 cm³/mol. The third-order valence-electron chi connectivity index (χ3n) is 1.47. The van der Waals surface area contributed by atoms with E-state index in [2.05, 4.69) is 20.6 Å². The van der Waals surface area contributed by atoms with Gasteiger partial charge in [0.15, 0.2) is 12.4 Å². The van der Waals surface area contributed by atoms with E-state index in [1.165, 1.54) is 0 Å². The molecule has 2 rings (SSSR count). The minimum Gasteiger partial charge on any atom is -0.131 e. The summed E-state index contributed by atoms with van der Waals surface area (Å²) in [5, 5.41) is 12.5. The number of pyridine rings is 1. The van der Waals surface area contributed by atoms with E-state index >= 15 is 0 Å². The number of aromatic amines is 2. The number of H-pyrrole nitrogens is 2. The molecule has 12 heavy (non-hydrogen) atoms. The molecule has 0 aliphatic rings. The van der Waals surface area contributed by atoms with E-state index in [1.807, 2.05) is 35.2 Å². The van der Waals surface area contributed by atoms with E-state index in [4.69, 9.17) is 0 Å². The van der Waals surface area contributed by atoms with Gasteiger partial charge in [-0.15, -0.1) is 9.67 Å². The molecule has 0 aliphatic heterocycles. The van der Waals surface area contributed by atoms with E-state index in [1.54, 1.807) is 6.20 Å². The number of hydrogen-bond donors (Lipinski definition) is 0. The zero-order valence-corrected chi connectivity index (χ0v) is 6.31. The highest BCUT2D eigenvalue weighted by molar-refractivity contribution is 4.91. The van der Waals surface area contributed by atoms with Gasteiger partial charge in [-0.2, -0.15) is 0 Å². The molecule has 0 aromatic carbocycles. The molecule has 0 bridgehead atoms. The lowest BCUT2D eigenvalue weighted by Gasteiger charge is -1.80. The SMILES string of the molecule is c1cc[n+](-c2c[nH+]nn[nH+]2)cc1. The molecule has 0 radical (unpaired) electrons. The van der Waals surface area contributed by atoms with Crippen molar-refractivity contribution < 1.29 is 14.8 Å². The molecule has 0 spiro atoms. The molecule has 0 atom stereocenters. The quantitative estimate of drug-likeness (QED) is 0.473. The molecule has 58 valence electrons. The van der Waals surface area contributed by atoms with Gasteiger partial charge in [0.2, 0.25) is 5.21 Å². The fraction of sp³-hybridized carbons (Fsp3) is 0. The van der Waals surface area contributed by atoms with Crippen LogP contribution in [0.25, 0.3) is 5.82 Å². The third kappa shape index (κ3) is 1.24. The van der Waals surface area contributed by atoms with Gasteiger partial charge >= 0.3 is 11.0 Å². The van der Waals surface area contributed by atoms with E-state index < -0.39 is 0 Å². The van der Waals surface area contributed by atoms with Gasteiger partial charge < -0.3 is 0 Å². The fourth-order valence-electron chi connectivity index (χ4n) is 0.919. The summed E-state index contributed by atoms with van der Waals surface area (Å²) < 4.78 is 1.89. The van der Waals surface area contributed by atoms with Crippen LogP contribution in [0.5, 0.6) is 0 Å². The van der Waals surface area contributed by atoms with Gasteiger partial charge in [-0.3, -0.25) is 0 Å². The Hall–Kier alpha value is -1.91. The van der Waals surface area contributed by atoms with Crippen molar-refractivity contribution in [2.24, 2.45) is 0 Å². The Morgan fingerprint density at radius 3 is 2.58 bits per heavy atom. The Kier molecular flexibility index (Phi) is 1.69. The largest absolute Gasteiger partial charge is 0.534 e. The first-order valence-electron chi connectivity index (χ1n) is 3.55. The predicted octanol–water partition coefficient (Wildman–Crippen LogP) is -1.62. The van der Waals surface area contributed by atoms with Crippen LogP contribution in [0.2, 0.25) is 0 Å². The van der Waals surface area contributed by atoms with Crippen LogP contribution in [-0.4, -0.2) is 10.4 Å². The summed E-state index contributed by atoms with van der Waals surface area (Å²) in [5.74, 6) is 0.839. The van der Waals surface area contributed by atoms with Crippen LogP contribution in [0.3, 0.4) is 0 Å². The maximum Gasteiger partial charge on any atom is 0.534 e. The van der Waals surface area contributed by atoms with Crippen molar-refractivity contribution in [3.05, 3.63) is 36.8 Å². The molecule has 0 aliphatic carbocycles. The van der Waals surface area contributed by atoms with Gasteiger partial charge in [0.1, 0.15) is 0 Å². The van der Waals surface area contributed by atoms with Crippen molar-refractivity contribution in [2.75, 3.05) is 0 Å². The standard InChI is InChI=1S/C7H6N5/c1-2-4-12(5-3-1)7-6-8-10-11-9-7/h1-6H/q+1/p+2. The zero-order chi connectivity index (χ0) is 8.23. The topological polar surface area (TPSA) is 57.9 Å². The first-order valence-corrected chi connectivity index (χ1v) is 3.55. The van der Waals surface area contributed by atoms with Crippen molar-refractivity contribution in [3.8, 4) is 5.82 Å². The normalized spacial score (nSPS) is 9.67. The third-order valence-corrected chi connectivity index (χ3v) is 1.47. The van der Waals surface area contributed by atoms with Crippen LogP contribution >= 0.6 is 0 Å². The summed E-state index contributed by atoms with van der Waals surface area (Å²) in [5.41, 5.74) is 0. The van der Waals surface area contributed by atoms with Gasteiger partial charge in [-0.25, -0.2) is 0 Å². The minimum absolute atomic E-state index is 0.839. The van der Waals surface area contributed by atoms with E-state index in [9.17, 15) is 0 Å². The summed E-state index contributed by atoms with van der Waals surface area (Å²) in [6, 6.07) is 5.83. The molecule has 2 N–H and O–H groups in total. The van der Waals surface area contributed by atoms with Gasteiger partial charge in [-0.1, -0.05) is 6.07 Å². The molecule has 0 amide bonds. The number of nitrogens with zero attached hydrogens (tertiary/aromatic N) is 3. The highest BCUT2D eigenvalue weighted by Crippen LogP contribution is 1.80. The Balaban J connectivity index is 2.46. The van der Waals surface area contributed by atoms with Crippen LogP contribution in [0.1, 0.15) is 0 Å². The number of nitrogens with one attached hydrogen (secondary N) is 2. The van der Waals surface area contributed by atoms with Crippen molar-refractivity contribution in [1.82, 2.24) is 10.4 Å². The van der Waals surface area contributed by atoms with Gasteiger partial charge in [0.05, 0.1) is 5.10 Å². The second-order valence-corrected chi connectivity index (χ2v) is 2.25. The summed E-state index contributed by atoms with van der Waals surface area (Å²) in [7, 11) is 0. The highest BCUT2D eigenvalue weighted by atomic mass is 15.4. The maximum absolute atomic E-state index is 3.61. The molecule has 5 heteroatoms. The average Bonchev–Trinajstić information content (AvgIpc) is 2.21. The summed E-state index contributed by atoms with van der Waals surface area (Å²) in [6.07, 6.45) is 5.57. The molecule has 2 aromatic rings. The van der Waals surface area contributed by atoms with Crippen molar-refractivity contribution in [3.63, 3.8) is 0 Å². The van der Waals surface area contributed by atoms with Gasteiger partial charge in [-0.05, 0) is 0 Å². The smallest absolute Gasteiger partial charge is 0.131 e. The van der Waals surface area contributed by atoms with Crippen LogP contribution in [-0.2, 0) is 0 Å². The van der Waals surface area contributed by atoms with Crippen molar-refractivity contribution in [1.29, 1.82) is 0 Å². The first kappa shape index (κ1) is 6.78. The lowest BCUT2D eigenvalue weighted by molar-refractivity contribution is -0.710. The molecule has 0 saturated heterocycles. The lowest BCUT2D eigenvalue weighted by atomic mass is 10.5. The molecule has 5 nitrogen and oxygen atoms in total. The summed E-state index contributed by atoms with van der Waals surface area (Å²) in [6.45, 7) is 0. The Labute approximate surface area is 68.7 Å². The highest BCUT2D eigenvalue weighted by Gasteiger charge is 2.16. The summed E-state index contributed by atoms with van der Waals surface area (Å²) in [4.78, 5) is 0. The Morgan fingerprint density at radius 1 is 1.08 bits per heavy atom. The van der Waals surface area contributed by atoms with Gasteiger partial charge in [0, 0.05) is 12.1 Å². The van der Waals surface area contributed by atoms with Crippen LogP contribution in [0, 0.1) is 0 Å².